The summed E-state index contributed by atoms with van der Waals surface area (Å²) in [4.78, 5) is 11.9. The lowest BCUT2D eigenvalue weighted by Crippen LogP contribution is -2.46. The molecule has 1 aromatic rings. The topological polar surface area (TPSA) is 59.6 Å². The predicted molar refractivity (Wildman–Crippen MR) is 68.8 cm³/mol. The molecule has 0 aliphatic carbocycles. The first kappa shape index (κ1) is 12.7. The molecule has 1 aliphatic rings. The lowest BCUT2D eigenvalue weighted by molar-refractivity contribution is -0.128. The van der Waals surface area contributed by atoms with E-state index in [0.717, 1.165) is 5.69 Å². The van der Waals surface area contributed by atoms with Crippen molar-refractivity contribution in [2.24, 2.45) is 0 Å². The van der Waals surface area contributed by atoms with Gasteiger partial charge in [0.1, 0.15) is 5.75 Å². The predicted octanol–water partition coefficient (Wildman–Crippen LogP) is 1.01. The van der Waals surface area contributed by atoms with Gasteiger partial charge in [-0.25, -0.2) is 0 Å². The Labute approximate surface area is 106 Å². The SMILES string of the molecule is COC(C)CNC(=O)C1CNc2ccccc2O1. The van der Waals surface area contributed by atoms with Crippen molar-refractivity contribution < 1.29 is 14.3 Å². The van der Waals surface area contributed by atoms with Crippen LogP contribution in [0, 0.1) is 0 Å². The van der Waals surface area contributed by atoms with Gasteiger partial charge >= 0.3 is 0 Å². The summed E-state index contributed by atoms with van der Waals surface area (Å²) in [6.45, 7) is 2.86. The largest absolute Gasteiger partial charge is 0.477 e. The molecule has 98 valence electrons. The summed E-state index contributed by atoms with van der Waals surface area (Å²) in [6.07, 6.45) is -0.498. The number of ether oxygens (including phenoxy) is 2. The molecule has 2 unspecified atom stereocenters. The molecule has 2 rings (SSSR count). The van der Waals surface area contributed by atoms with E-state index in [1.54, 1.807) is 7.11 Å². The first-order chi connectivity index (χ1) is 8.70. The molecule has 2 atom stereocenters. The number of hydrogen-bond donors (Lipinski definition) is 2. The summed E-state index contributed by atoms with van der Waals surface area (Å²) in [5.74, 6) is 0.588. The van der Waals surface area contributed by atoms with Gasteiger partial charge < -0.3 is 20.1 Å². The molecule has 0 bridgehead atoms. The fourth-order valence-electron chi connectivity index (χ4n) is 1.70. The number of para-hydroxylation sites is 2. The average molecular weight is 250 g/mol. The number of anilines is 1. The van der Waals surface area contributed by atoms with E-state index in [4.69, 9.17) is 9.47 Å². The zero-order valence-corrected chi connectivity index (χ0v) is 10.6. The van der Waals surface area contributed by atoms with Crippen LogP contribution in [-0.2, 0) is 9.53 Å². The normalized spacial score (nSPS) is 19.1. The van der Waals surface area contributed by atoms with Crippen LogP contribution in [0.3, 0.4) is 0 Å². The van der Waals surface area contributed by atoms with Gasteiger partial charge in [-0.3, -0.25) is 4.79 Å². The Hall–Kier alpha value is -1.75. The van der Waals surface area contributed by atoms with Crippen LogP contribution < -0.4 is 15.4 Å². The number of rotatable bonds is 4. The van der Waals surface area contributed by atoms with Crippen LogP contribution in [0.5, 0.6) is 5.75 Å². The van der Waals surface area contributed by atoms with Crippen LogP contribution in [-0.4, -0.2) is 38.3 Å². The minimum Gasteiger partial charge on any atom is -0.477 e. The van der Waals surface area contributed by atoms with Crippen LogP contribution in [0.1, 0.15) is 6.92 Å². The number of methoxy groups -OCH3 is 1. The monoisotopic (exact) mass is 250 g/mol. The lowest BCUT2D eigenvalue weighted by Gasteiger charge is -2.26. The number of nitrogens with one attached hydrogen (secondary N) is 2. The summed E-state index contributed by atoms with van der Waals surface area (Å²) in [5.41, 5.74) is 0.923. The molecule has 0 saturated heterocycles. The highest BCUT2D eigenvalue weighted by Gasteiger charge is 2.25. The maximum Gasteiger partial charge on any atom is 0.263 e. The average Bonchev–Trinajstić information content (AvgIpc) is 2.43. The summed E-state index contributed by atoms with van der Waals surface area (Å²) < 4.78 is 10.7. The van der Waals surface area contributed by atoms with Gasteiger partial charge in [-0.2, -0.15) is 0 Å². The summed E-state index contributed by atoms with van der Waals surface area (Å²) in [5, 5.41) is 5.98. The van der Waals surface area contributed by atoms with Crippen molar-refractivity contribution in [3.8, 4) is 5.75 Å². The molecule has 0 saturated carbocycles. The van der Waals surface area contributed by atoms with Gasteiger partial charge in [-0.15, -0.1) is 0 Å². The van der Waals surface area contributed by atoms with Crippen LogP contribution in [0.4, 0.5) is 5.69 Å². The molecule has 0 spiro atoms. The van der Waals surface area contributed by atoms with Gasteiger partial charge in [-0.05, 0) is 19.1 Å². The number of carbonyl (C=O) groups is 1. The maximum atomic E-state index is 11.9. The van der Waals surface area contributed by atoms with Crippen LogP contribution in [0.2, 0.25) is 0 Å². The van der Waals surface area contributed by atoms with E-state index in [9.17, 15) is 4.79 Å². The molecule has 1 amide bonds. The Kier molecular flexibility index (Phi) is 4.04. The first-order valence-electron chi connectivity index (χ1n) is 6.00. The quantitative estimate of drug-likeness (QED) is 0.837. The smallest absolute Gasteiger partial charge is 0.263 e. The maximum absolute atomic E-state index is 11.9. The minimum absolute atomic E-state index is 0.00205. The molecule has 0 fully saturated rings. The van der Waals surface area contributed by atoms with Crippen LogP contribution >= 0.6 is 0 Å². The van der Waals surface area contributed by atoms with Gasteiger partial charge in [0.15, 0.2) is 6.10 Å². The molecular weight excluding hydrogens is 232 g/mol. The molecule has 2 N–H and O–H groups in total. The van der Waals surface area contributed by atoms with Crippen molar-refractivity contribution >= 4 is 11.6 Å². The molecule has 5 heteroatoms. The van der Waals surface area contributed by atoms with Gasteiger partial charge in [0.2, 0.25) is 0 Å². The third-order valence-corrected chi connectivity index (χ3v) is 2.89. The zero-order valence-electron chi connectivity index (χ0n) is 10.6. The highest BCUT2D eigenvalue weighted by Crippen LogP contribution is 2.28. The lowest BCUT2D eigenvalue weighted by atomic mass is 10.2. The van der Waals surface area contributed by atoms with Gasteiger partial charge in [0, 0.05) is 13.7 Å². The van der Waals surface area contributed by atoms with E-state index < -0.39 is 6.10 Å². The second-order valence-corrected chi connectivity index (χ2v) is 4.28. The van der Waals surface area contributed by atoms with E-state index in [1.165, 1.54) is 0 Å². The summed E-state index contributed by atoms with van der Waals surface area (Å²) in [6, 6.07) is 7.58. The number of carbonyl (C=O) groups excluding carboxylic acids is 1. The van der Waals surface area contributed by atoms with Crippen molar-refractivity contribution in [2.75, 3.05) is 25.5 Å². The Morgan fingerprint density at radius 1 is 1.61 bits per heavy atom. The molecule has 0 aromatic heterocycles. The van der Waals surface area contributed by atoms with Crippen LogP contribution in [0.25, 0.3) is 0 Å². The highest BCUT2D eigenvalue weighted by atomic mass is 16.5. The standard InChI is InChI=1S/C13H18N2O3/c1-9(17-2)7-15-13(16)12-8-14-10-5-3-4-6-11(10)18-12/h3-6,9,12,14H,7-8H2,1-2H3,(H,15,16). The van der Waals surface area contributed by atoms with E-state index >= 15 is 0 Å². The van der Waals surface area contributed by atoms with E-state index in [-0.39, 0.29) is 12.0 Å². The first-order valence-corrected chi connectivity index (χ1v) is 6.00. The Balaban J connectivity index is 1.90. The van der Waals surface area contributed by atoms with Crippen molar-refractivity contribution in [3.63, 3.8) is 0 Å². The molecular formula is C13H18N2O3. The second-order valence-electron chi connectivity index (χ2n) is 4.28. The van der Waals surface area contributed by atoms with Gasteiger partial charge in [0.25, 0.3) is 5.91 Å². The fraction of sp³-hybridized carbons (Fsp3) is 0.462. The summed E-state index contributed by atoms with van der Waals surface area (Å²) >= 11 is 0. The molecule has 1 heterocycles. The van der Waals surface area contributed by atoms with Crippen molar-refractivity contribution in [3.05, 3.63) is 24.3 Å². The van der Waals surface area contributed by atoms with Crippen molar-refractivity contribution in [1.82, 2.24) is 5.32 Å². The molecule has 18 heavy (non-hydrogen) atoms. The number of fused-ring (bicyclic) bond motifs is 1. The van der Waals surface area contributed by atoms with E-state index in [0.29, 0.717) is 18.8 Å². The van der Waals surface area contributed by atoms with Gasteiger partial charge in [-0.1, -0.05) is 12.1 Å². The van der Waals surface area contributed by atoms with Gasteiger partial charge in [0.05, 0.1) is 18.3 Å². The second kappa shape index (κ2) is 5.73. The van der Waals surface area contributed by atoms with Crippen LogP contribution in [0.15, 0.2) is 24.3 Å². The third-order valence-electron chi connectivity index (χ3n) is 2.89. The highest BCUT2D eigenvalue weighted by molar-refractivity contribution is 5.83. The van der Waals surface area contributed by atoms with E-state index in [2.05, 4.69) is 10.6 Å². The molecule has 1 aliphatic heterocycles. The molecule has 1 aromatic carbocycles. The number of benzene rings is 1. The zero-order chi connectivity index (χ0) is 13.0. The number of hydrogen-bond acceptors (Lipinski definition) is 4. The van der Waals surface area contributed by atoms with Crippen molar-refractivity contribution in [1.29, 1.82) is 0 Å². The Morgan fingerprint density at radius 2 is 2.39 bits per heavy atom. The summed E-state index contributed by atoms with van der Waals surface area (Å²) in [7, 11) is 1.62. The number of amides is 1. The Bertz CT molecular complexity index is 422. The minimum atomic E-state index is -0.496. The molecule has 0 radical (unpaired) electrons. The molecule has 5 nitrogen and oxygen atoms in total. The van der Waals surface area contributed by atoms with Crippen molar-refractivity contribution in [2.45, 2.75) is 19.1 Å². The third kappa shape index (κ3) is 2.92. The van der Waals surface area contributed by atoms with E-state index in [1.807, 2.05) is 31.2 Å². The Morgan fingerprint density at radius 3 is 3.17 bits per heavy atom. The fourth-order valence-corrected chi connectivity index (χ4v) is 1.70.